The highest BCUT2D eigenvalue weighted by atomic mass is 16.7. The lowest BCUT2D eigenvalue weighted by atomic mass is 10.1. The second-order valence-electron chi connectivity index (χ2n) is 4.99. The Morgan fingerprint density at radius 1 is 1.09 bits per heavy atom. The van der Waals surface area contributed by atoms with Crippen molar-refractivity contribution in [2.75, 3.05) is 19.2 Å². The first kappa shape index (κ1) is 16.8. The fraction of sp³-hybridized carbons (Fsp3) is 0.211. The fourth-order valence-electron chi connectivity index (χ4n) is 1.98. The number of anilines is 1. The van der Waals surface area contributed by atoms with Crippen LogP contribution in [0.4, 0.5) is 5.69 Å². The molecule has 0 bridgehead atoms. The van der Waals surface area contributed by atoms with Crippen molar-refractivity contribution in [2.24, 2.45) is 0 Å². The van der Waals surface area contributed by atoms with Gasteiger partial charge in [-0.3, -0.25) is 4.79 Å². The summed E-state index contributed by atoms with van der Waals surface area (Å²) < 4.78 is 10.1. The summed E-state index contributed by atoms with van der Waals surface area (Å²) in [6.45, 7) is 2.32. The quantitative estimate of drug-likeness (QED) is 0.623. The maximum absolute atomic E-state index is 11.9. The number of aryl methyl sites for hydroxylation is 1. The molecule has 0 spiro atoms. The van der Waals surface area contributed by atoms with Crippen molar-refractivity contribution in [2.45, 2.75) is 13.3 Å². The summed E-state index contributed by atoms with van der Waals surface area (Å²) in [5.74, 6) is 0.568. The molecule has 0 fully saturated rings. The zero-order chi connectivity index (χ0) is 16.5. The number of methoxy groups -OCH3 is 1. The van der Waals surface area contributed by atoms with E-state index in [2.05, 4.69) is 12.2 Å². The van der Waals surface area contributed by atoms with E-state index in [9.17, 15) is 4.79 Å². The van der Waals surface area contributed by atoms with Gasteiger partial charge in [0.25, 0.3) is 0 Å². The van der Waals surface area contributed by atoms with E-state index in [0.717, 1.165) is 23.4 Å². The molecule has 1 N–H and O–H groups in total. The molecule has 0 aliphatic rings. The van der Waals surface area contributed by atoms with E-state index in [-0.39, 0.29) is 12.7 Å². The van der Waals surface area contributed by atoms with Gasteiger partial charge in [0.05, 0.1) is 0 Å². The molecular formula is C19H21NO3. The lowest BCUT2D eigenvalue weighted by molar-refractivity contribution is -0.111. The third-order valence-electron chi connectivity index (χ3n) is 3.28. The topological polar surface area (TPSA) is 47.6 Å². The molecule has 2 rings (SSSR count). The van der Waals surface area contributed by atoms with Crippen molar-refractivity contribution < 1.29 is 14.3 Å². The molecule has 0 aliphatic carbocycles. The van der Waals surface area contributed by atoms with Crippen LogP contribution in [0.2, 0.25) is 0 Å². The van der Waals surface area contributed by atoms with E-state index < -0.39 is 0 Å². The Morgan fingerprint density at radius 2 is 1.78 bits per heavy atom. The van der Waals surface area contributed by atoms with Gasteiger partial charge in [0, 0.05) is 18.9 Å². The maximum atomic E-state index is 11.9. The first-order valence-electron chi connectivity index (χ1n) is 7.51. The highest BCUT2D eigenvalue weighted by Gasteiger charge is 1.98. The van der Waals surface area contributed by atoms with Crippen LogP contribution in [0.25, 0.3) is 6.08 Å². The average molecular weight is 311 g/mol. The molecule has 4 nitrogen and oxygen atoms in total. The number of nitrogens with one attached hydrogen (secondary N) is 1. The summed E-state index contributed by atoms with van der Waals surface area (Å²) in [6, 6.07) is 15.3. The number of benzene rings is 2. The number of rotatable bonds is 7. The van der Waals surface area contributed by atoms with Crippen LogP contribution in [0, 0.1) is 0 Å². The number of ether oxygens (including phenoxy) is 2. The van der Waals surface area contributed by atoms with Crippen LogP contribution in [-0.4, -0.2) is 19.8 Å². The highest BCUT2D eigenvalue weighted by molar-refractivity contribution is 6.01. The third kappa shape index (κ3) is 5.60. The molecule has 23 heavy (non-hydrogen) atoms. The SMILES string of the molecule is CCc1ccc(NC(=O)/C=C/c2ccc(OCOC)cc2)cc1. The predicted octanol–water partition coefficient (Wildman–Crippen LogP) is 3.88. The monoisotopic (exact) mass is 311 g/mol. The molecule has 120 valence electrons. The Morgan fingerprint density at radius 3 is 2.39 bits per heavy atom. The van der Waals surface area contributed by atoms with Gasteiger partial charge in [-0.2, -0.15) is 0 Å². The Labute approximate surface area is 136 Å². The molecule has 4 heteroatoms. The van der Waals surface area contributed by atoms with Crippen LogP contribution >= 0.6 is 0 Å². The number of amides is 1. The lowest BCUT2D eigenvalue weighted by Crippen LogP contribution is -2.07. The van der Waals surface area contributed by atoms with Crippen molar-refractivity contribution in [3.63, 3.8) is 0 Å². The van der Waals surface area contributed by atoms with Crippen LogP contribution in [0.5, 0.6) is 5.75 Å². The normalized spacial score (nSPS) is 10.7. The first-order valence-corrected chi connectivity index (χ1v) is 7.51. The van der Waals surface area contributed by atoms with Gasteiger partial charge < -0.3 is 14.8 Å². The highest BCUT2D eigenvalue weighted by Crippen LogP contribution is 2.14. The second kappa shape index (κ2) is 8.76. The fourth-order valence-corrected chi connectivity index (χ4v) is 1.98. The molecule has 0 atom stereocenters. The molecule has 0 unspecified atom stereocenters. The Balaban J connectivity index is 1.89. The van der Waals surface area contributed by atoms with Crippen molar-refractivity contribution >= 4 is 17.7 Å². The summed E-state index contributed by atoms with van der Waals surface area (Å²) in [4.78, 5) is 11.9. The molecular weight excluding hydrogens is 290 g/mol. The molecule has 2 aromatic rings. The summed E-state index contributed by atoms with van der Waals surface area (Å²) in [7, 11) is 1.57. The maximum Gasteiger partial charge on any atom is 0.248 e. The predicted molar refractivity (Wildman–Crippen MR) is 92.4 cm³/mol. The second-order valence-corrected chi connectivity index (χ2v) is 4.99. The zero-order valence-corrected chi connectivity index (χ0v) is 13.4. The van der Waals surface area contributed by atoms with E-state index in [1.165, 1.54) is 11.6 Å². The minimum atomic E-state index is -0.158. The van der Waals surface area contributed by atoms with Crippen LogP contribution in [0.15, 0.2) is 54.6 Å². The van der Waals surface area contributed by atoms with Gasteiger partial charge in [0.2, 0.25) is 5.91 Å². The number of hydrogen-bond acceptors (Lipinski definition) is 3. The van der Waals surface area contributed by atoms with Gasteiger partial charge in [-0.1, -0.05) is 31.2 Å². The largest absolute Gasteiger partial charge is 0.468 e. The Kier molecular flexibility index (Phi) is 6.39. The molecule has 0 saturated heterocycles. The van der Waals surface area contributed by atoms with Crippen LogP contribution < -0.4 is 10.1 Å². The molecule has 0 saturated carbocycles. The number of carbonyl (C=O) groups excluding carboxylic acids is 1. The van der Waals surface area contributed by atoms with Gasteiger partial charge in [-0.15, -0.1) is 0 Å². The van der Waals surface area contributed by atoms with Gasteiger partial charge in [-0.25, -0.2) is 0 Å². The summed E-state index contributed by atoms with van der Waals surface area (Å²) >= 11 is 0. The van der Waals surface area contributed by atoms with E-state index in [1.54, 1.807) is 13.2 Å². The van der Waals surface area contributed by atoms with E-state index in [4.69, 9.17) is 9.47 Å². The van der Waals surface area contributed by atoms with Gasteiger partial charge in [0.1, 0.15) is 5.75 Å². The lowest BCUT2D eigenvalue weighted by Gasteiger charge is -2.04. The van der Waals surface area contributed by atoms with E-state index in [0.29, 0.717) is 0 Å². The van der Waals surface area contributed by atoms with Crippen molar-refractivity contribution in [3.8, 4) is 5.75 Å². The molecule has 0 aliphatic heterocycles. The summed E-state index contributed by atoms with van der Waals surface area (Å²) in [5, 5.41) is 2.84. The van der Waals surface area contributed by atoms with Crippen molar-refractivity contribution in [1.29, 1.82) is 0 Å². The smallest absolute Gasteiger partial charge is 0.248 e. The number of carbonyl (C=O) groups is 1. The molecule has 1 amide bonds. The average Bonchev–Trinajstić information content (AvgIpc) is 2.59. The van der Waals surface area contributed by atoms with Gasteiger partial charge >= 0.3 is 0 Å². The van der Waals surface area contributed by atoms with Gasteiger partial charge in [0.15, 0.2) is 6.79 Å². The summed E-state index contributed by atoms with van der Waals surface area (Å²) in [5.41, 5.74) is 2.96. The standard InChI is InChI=1S/C19H21NO3/c1-3-15-4-9-17(10-5-15)20-19(21)13-8-16-6-11-18(12-7-16)23-14-22-2/h4-13H,3,14H2,1-2H3,(H,20,21)/b13-8+. The van der Waals surface area contributed by atoms with Crippen LogP contribution in [0.3, 0.4) is 0 Å². The third-order valence-corrected chi connectivity index (χ3v) is 3.28. The molecule has 0 aromatic heterocycles. The van der Waals surface area contributed by atoms with E-state index in [1.807, 2.05) is 48.5 Å². The van der Waals surface area contributed by atoms with Crippen LogP contribution in [0.1, 0.15) is 18.1 Å². The van der Waals surface area contributed by atoms with Gasteiger partial charge in [-0.05, 0) is 47.9 Å². The van der Waals surface area contributed by atoms with Crippen molar-refractivity contribution in [1.82, 2.24) is 0 Å². The Bertz CT molecular complexity index is 645. The van der Waals surface area contributed by atoms with Crippen molar-refractivity contribution in [3.05, 3.63) is 65.7 Å². The van der Waals surface area contributed by atoms with E-state index >= 15 is 0 Å². The first-order chi connectivity index (χ1) is 11.2. The molecule has 2 aromatic carbocycles. The zero-order valence-electron chi connectivity index (χ0n) is 13.4. The van der Waals surface area contributed by atoms with Crippen LogP contribution in [-0.2, 0) is 16.0 Å². The summed E-state index contributed by atoms with van der Waals surface area (Å²) in [6.07, 6.45) is 4.26. The Hall–Kier alpha value is -2.59. The molecule has 0 heterocycles. The number of hydrogen-bond donors (Lipinski definition) is 1. The minimum absolute atomic E-state index is 0.158. The minimum Gasteiger partial charge on any atom is -0.468 e. The molecule has 0 radical (unpaired) electrons.